The summed E-state index contributed by atoms with van der Waals surface area (Å²) >= 11 is 0. The molecule has 0 N–H and O–H groups in total. The second-order valence-electron chi connectivity index (χ2n) is 7.91. The number of benzene rings is 1. The Morgan fingerprint density at radius 1 is 1.11 bits per heavy atom. The van der Waals surface area contributed by atoms with Gasteiger partial charge in [0.25, 0.3) is 5.60 Å². The van der Waals surface area contributed by atoms with Crippen molar-refractivity contribution < 1.29 is 36.3 Å². The summed E-state index contributed by atoms with van der Waals surface area (Å²) in [5, 5.41) is 0. The minimum Gasteiger partial charge on any atom is -0.494 e. The SMILES string of the molecule is COC(=O)C(CC(C)(C)c1cccc(OC)c1F)(O[Si](C)(C)C)C(F)(F)F. The fraction of sp³-hybridized carbons (Fsp3) is 0.611. The highest BCUT2D eigenvalue weighted by molar-refractivity contribution is 6.70. The molecule has 1 aromatic carbocycles. The van der Waals surface area contributed by atoms with Crippen LogP contribution in [0.3, 0.4) is 0 Å². The van der Waals surface area contributed by atoms with E-state index in [-0.39, 0.29) is 11.3 Å². The molecule has 1 rings (SSSR count). The molecule has 0 bridgehead atoms. The van der Waals surface area contributed by atoms with Crippen molar-refractivity contribution >= 4 is 14.3 Å². The van der Waals surface area contributed by atoms with E-state index in [0.717, 1.165) is 7.11 Å². The number of carbonyl (C=O) groups excluding carboxylic acids is 1. The van der Waals surface area contributed by atoms with Crippen molar-refractivity contribution in [2.75, 3.05) is 14.2 Å². The highest BCUT2D eigenvalue weighted by atomic mass is 28.4. The van der Waals surface area contributed by atoms with E-state index in [1.165, 1.54) is 58.8 Å². The second-order valence-corrected chi connectivity index (χ2v) is 12.3. The molecule has 0 fully saturated rings. The molecule has 4 nitrogen and oxygen atoms in total. The predicted octanol–water partition coefficient (Wildman–Crippen LogP) is 4.83. The largest absolute Gasteiger partial charge is 0.494 e. The van der Waals surface area contributed by atoms with Crippen LogP contribution >= 0.6 is 0 Å². The number of carbonyl (C=O) groups is 1. The van der Waals surface area contributed by atoms with Crippen LogP contribution in [0.15, 0.2) is 18.2 Å². The first-order valence-corrected chi connectivity index (χ1v) is 11.7. The van der Waals surface area contributed by atoms with Gasteiger partial charge in [-0.25, -0.2) is 9.18 Å². The quantitative estimate of drug-likeness (QED) is 0.367. The third-order valence-corrected chi connectivity index (χ3v) is 5.02. The maximum Gasteiger partial charge on any atom is 0.427 e. The highest BCUT2D eigenvalue weighted by Gasteiger charge is 2.65. The van der Waals surface area contributed by atoms with Crippen molar-refractivity contribution in [3.63, 3.8) is 0 Å². The summed E-state index contributed by atoms with van der Waals surface area (Å²) in [6.07, 6.45) is -5.89. The lowest BCUT2D eigenvalue weighted by Crippen LogP contribution is -2.61. The third-order valence-electron chi connectivity index (χ3n) is 4.06. The van der Waals surface area contributed by atoms with Crippen molar-refractivity contribution in [3.05, 3.63) is 29.6 Å². The van der Waals surface area contributed by atoms with Gasteiger partial charge in [-0.2, -0.15) is 13.2 Å². The van der Waals surface area contributed by atoms with E-state index in [1.807, 2.05) is 0 Å². The van der Waals surface area contributed by atoms with Gasteiger partial charge in [0.05, 0.1) is 14.2 Å². The van der Waals surface area contributed by atoms with Crippen LogP contribution in [0.1, 0.15) is 25.8 Å². The van der Waals surface area contributed by atoms with Crippen molar-refractivity contribution in [3.8, 4) is 5.75 Å². The van der Waals surface area contributed by atoms with E-state index in [9.17, 15) is 22.4 Å². The van der Waals surface area contributed by atoms with Gasteiger partial charge in [-0.1, -0.05) is 26.0 Å². The highest BCUT2D eigenvalue weighted by Crippen LogP contribution is 2.46. The van der Waals surface area contributed by atoms with Crippen molar-refractivity contribution in [1.29, 1.82) is 0 Å². The molecular formula is C18H26F4O4Si. The molecule has 0 radical (unpaired) electrons. The summed E-state index contributed by atoms with van der Waals surface area (Å²) < 4.78 is 71.8. The van der Waals surface area contributed by atoms with Crippen LogP contribution in [0.2, 0.25) is 19.6 Å². The van der Waals surface area contributed by atoms with Gasteiger partial charge < -0.3 is 13.9 Å². The maximum atomic E-state index is 14.7. The molecule has 0 amide bonds. The number of esters is 1. The summed E-state index contributed by atoms with van der Waals surface area (Å²) in [5.74, 6) is -2.42. The van der Waals surface area contributed by atoms with Crippen LogP contribution in [0, 0.1) is 5.82 Å². The molecule has 0 spiro atoms. The molecule has 0 aliphatic carbocycles. The van der Waals surface area contributed by atoms with Crippen LogP contribution in [-0.4, -0.2) is 40.3 Å². The van der Waals surface area contributed by atoms with E-state index in [0.29, 0.717) is 0 Å². The molecule has 0 aromatic heterocycles. The Kier molecular flexibility index (Phi) is 6.76. The first-order valence-electron chi connectivity index (χ1n) is 8.29. The van der Waals surface area contributed by atoms with E-state index in [4.69, 9.17) is 9.16 Å². The number of ether oxygens (including phenoxy) is 2. The minimum absolute atomic E-state index is 0.0152. The maximum absolute atomic E-state index is 14.7. The zero-order valence-corrected chi connectivity index (χ0v) is 17.6. The Hall–Kier alpha value is -1.61. The summed E-state index contributed by atoms with van der Waals surface area (Å²) in [6.45, 7) is 7.45. The Morgan fingerprint density at radius 2 is 1.67 bits per heavy atom. The minimum atomic E-state index is -5.05. The number of methoxy groups -OCH3 is 2. The Labute approximate surface area is 157 Å². The standard InChI is InChI=1S/C18H26F4O4Si/c1-16(2,12-9-8-10-13(24-3)14(12)19)11-17(15(23)25-4,18(20,21)22)26-27(5,6)7/h8-10H,11H2,1-7H3. The molecule has 0 aliphatic rings. The second kappa shape index (κ2) is 7.79. The predicted molar refractivity (Wildman–Crippen MR) is 95.8 cm³/mol. The number of alkyl halides is 3. The number of hydrogen-bond acceptors (Lipinski definition) is 4. The molecule has 0 heterocycles. The van der Waals surface area contributed by atoms with Gasteiger partial charge in [0.1, 0.15) is 0 Å². The van der Waals surface area contributed by atoms with Gasteiger partial charge in [-0.05, 0) is 36.7 Å². The zero-order chi connectivity index (χ0) is 21.3. The molecule has 0 aliphatic heterocycles. The first kappa shape index (κ1) is 23.4. The molecule has 27 heavy (non-hydrogen) atoms. The van der Waals surface area contributed by atoms with Crippen LogP contribution in [0.25, 0.3) is 0 Å². The number of rotatable bonds is 7. The van der Waals surface area contributed by atoms with Crippen molar-refractivity contribution in [2.45, 2.75) is 57.1 Å². The van der Waals surface area contributed by atoms with E-state index in [1.54, 1.807) is 0 Å². The average molecular weight is 410 g/mol. The van der Waals surface area contributed by atoms with Crippen molar-refractivity contribution in [2.24, 2.45) is 0 Å². The van der Waals surface area contributed by atoms with Gasteiger partial charge in [-0.3, -0.25) is 0 Å². The topological polar surface area (TPSA) is 44.8 Å². The lowest BCUT2D eigenvalue weighted by atomic mass is 9.74. The van der Waals surface area contributed by atoms with Gasteiger partial charge >= 0.3 is 12.1 Å². The lowest BCUT2D eigenvalue weighted by molar-refractivity contribution is -0.260. The van der Waals surface area contributed by atoms with E-state index >= 15 is 0 Å². The van der Waals surface area contributed by atoms with Gasteiger partial charge in [-0.15, -0.1) is 0 Å². The van der Waals surface area contributed by atoms with Gasteiger partial charge in [0.2, 0.25) is 0 Å². The molecule has 154 valence electrons. The molecule has 1 atom stereocenters. The normalized spacial score (nSPS) is 15.2. The smallest absolute Gasteiger partial charge is 0.427 e. The van der Waals surface area contributed by atoms with Crippen LogP contribution in [-0.2, 0) is 19.4 Å². The summed E-state index contributed by atoms with van der Waals surface area (Å²) in [5.41, 5.74) is -4.63. The molecule has 9 heteroatoms. The zero-order valence-electron chi connectivity index (χ0n) is 16.6. The van der Waals surface area contributed by atoms with Gasteiger partial charge in [0.15, 0.2) is 19.9 Å². The van der Waals surface area contributed by atoms with Crippen LogP contribution < -0.4 is 4.74 Å². The first-order chi connectivity index (χ1) is 12.1. The monoisotopic (exact) mass is 410 g/mol. The summed E-state index contributed by atoms with van der Waals surface area (Å²) in [6, 6.07) is 4.21. The average Bonchev–Trinajstić information content (AvgIpc) is 2.50. The summed E-state index contributed by atoms with van der Waals surface area (Å²) in [7, 11) is -0.720. The van der Waals surface area contributed by atoms with E-state index in [2.05, 4.69) is 4.74 Å². The van der Waals surface area contributed by atoms with Crippen molar-refractivity contribution in [1.82, 2.24) is 0 Å². The fourth-order valence-corrected chi connectivity index (χ4v) is 4.34. The Morgan fingerprint density at radius 3 is 2.07 bits per heavy atom. The Balaban J connectivity index is 3.58. The van der Waals surface area contributed by atoms with Crippen LogP contribution in [0.4, 0.5) is 17.6 Å². The fourth-order valence-electron chi connectivity index (χ4n) is 3.02. The van der Waals surface area contributed by atoms with E-state index < -0.39 is 43.7 Å². The number of halogens is 4. The lowest BCUT2D eigenvalue weighted by Gasteiger charge is -2.42. The summed E-state index contributed by atoms with van der Waals surface area (Å²) in [4.78, 5) is 12.3. The molecule has 0 saturated heterocycles. The molecule has 1 unspecified atom stereocenters. The number of hydrogen-bond donors (Lipinski definition) is 0. The molecule has 0 saturated carbocycles. The Bertz CT molecular complexity index is 683. The third kappa shape index (κ3) is 5.01. The molecule has 1 aromatic rings. The molecular weight excluding hydrogens is 384 g/mol. The van der Waals surface area contributed by atoms with Crippen LogP contribution in [0.5, 0.6) is 5.75 Å². The van der Waals surface area contributed by atoms with Gasteiger partial charge in [0, 0.05) is 6.42 Å².